The van der Waals surface area contributed by atoms with Crippen LogP contribution in [0, 0.1) is 0 Å². The molecule has 0 amide bonds. The smallest absolute Gasteiger partial charge is 0.201 e. The Labute approximate surface area is 79.3 Å². The molecule has 0 radical (unpaired) electrons. The summed E-state index contributed by atoms with van der Waals surface area (Å²) in [6.45, 7) is 6.10. The molecule has 76 valence electrons. The highest BCUT2D eigenvalue weighted by molar-refractivity contribution is 4.89. The number of ether oxygens (including phenoxy) is 1. The number of hydrogen-bond donors (Lipinski definition) is 1. The highest BCUT2D eigenvalue weighted by Gasteiger charge is 2.34. The molecule has 0 aliphatic heterocycles. The van der Waals surface area contributed by atoms with Crippen molar-refractivity contribution < 1.29 is 14.9 Å². The van der Waals surface area contributed by atoms with Crippen LogP contribution in [0.4, 0.5) is 0 Å². The van der Waals surface area contributed by atoms with Crippen LogP contribution in [-0.4, -0.2) is 17.7 Å². The first-order chi connectivity index (χ1) is 6.18. The Hall–Kier alpha value is -0.380. The predicted molar refractivity (Wildman–Crippen MR) is 50.3 cm³/mol. The highest BCUT2D eigenvalue weighted by Crippen LogP contribution is 2.32. The Morgan fingerprint density at radius 3 is 2.46 bits per heavy atom. The highest BCUT2D eigenvalue weighted by atomic mass is 17.1. The van der Waals surface area contributed by atoms with E-state index >= 15 is 0 Å². The molecule has 0 aromatic heterocycles. The molecule has 1 aliphatic carbocycles. The van der Waals surface area contributed by atoms with E-state index < -0.39 is 5.79 Å². The third kappa shape index (κ3) is 3.10. The second-order valence-electron chi connectivity index (χ2n) is 3.81. The van der Waals surface area contributed by atoms with Gasteiger partial charge in [-0.15, -0.1) is 0 Å². The van der Waals surface area contributed by atoms with Crippen LogP contribution in [0.1, 0.15) is 39.0 Å². The average Bonchev–Trinajstić information content (AvgIpc) is 2.16. The first-order valence-corrected chi connectivity index (χ1v) is 4.79. The van der Waals surface area contributed by atoms with Gasteiger partial charge in [-0.2, -0.15) is 0 Å². The first kappa shape index (κ1) is 10.7. The van der Waals surface area contributed by atoms with Crippen LogP contribution in [0.5, 0.6) is 0 Å². The largest absolute Gasteiger partial charge is 0.343 e. The second kappa shape index (κ2) is 4.74. The van der Waals surface area contributed by atoms with Crippen LogP contribution in [0.2, 0.25) is 0 Å². The SMILES string of the molecule is C=C(C)COC1(OO)CCCCC1. The van der Waals surface area contributed by atoms with Gasteiger partial charge in [-0.25, -0.2) is 10.1 Å². The summed E-state index contributed by atoms with van der Waals surface area (Å²) in [5.74, 6) is -0.753. The summed E-state index contributed by atoms with van der Waals surface area (Å²) in [5, 5.41) is 8.80. The molecule has 3 nitrogen and oxygen atoms in total. The zero-order valence-corrected chi connectivity index (χ0v) is 8.21. The van der Waals surface area contributed by atoms with Crippen molar-refractivity contribution in [3.05, 3.63) is 12.2 Å². The molecule has 0 unspecified atom stereocenters. The maximum atomic E-state index is 8.80. The van der Waals surface area contributed by atoms with Gasteiger partial charge in [0.2, 0.25) is 5.79 Å². The summed E-state index contributed by atoms with van der Waals surface area (Å²) in [5.41, 5.74) is 0.946. The van der Waals surface area contributed by atoms with E-state index in [4.69, 9.17) is 9.99 Å². The van der Waals surface area contributed by atoms with Crippen molar-refractivity contribution >= 4 is 0 Å². The molecule has 13 heavy (non-hydrogen) atoms. The quantitative estimate of drug-likeness (QED) is 0.317. The van der Waals surface area contributed by atoms with E-state index in [0.717, 1.165) is 31.3 Å². The lowest BCUT2D eigenvalue weighted by atomic mass is 9.94. The number of rotatable bonds is 4. The monoisotopic (exact) mass is 186 g/mol. The molecule has 0 saturated heterocycles. The van der Waals surface area contributed by atoms with Gasteiger partial charge in [0.1, 0.15) is 0 Å². The van der Waals surface area contributed by atoms with Crippen molar-refractivity contribution in [3.63, 3.8) is 0 Å². The predicted octanol–water partition coefficient (Wildman–Crippen LogP) is 2.73. The van der Waals surface area contributed by atoms with E-state index in [1.54, 1.807) is 0 Å². The zero-order chi connectivity index (χ0) is 9.73. The van der Waals surface area contributed by atoms with Gasteiger partial charge in [0.15, 0.2) is 0 Å². The van der Waals surface area contributed by atoms with E-state index in [1.807, 2.05) is 6.92 Å². The van der Waals surface area contributed by atoms with Crippen molar-refractivity contribution in [3.8, 4) is 0 Å². The first-order valence-electron chi connectivity index (χ1n) is 4.79. The molecule has 1 N–H and O–H groups in total. The standard InChI is InChI=1S/C10H18O3/c1-9(2)8-12-10(13-11)6-4-3-5-7-10/h11H,1,3-8H2,2H3. The van der Waals surface area contributed by atoms with Crippen molar-refractivity contribution in [2.24, 2.45) is 0 Å². The molecule has 0 aromatic carbocycles. The minimum atomic E-state index is -0.753. The molecule has 0 spiro atoms. The molecule has 0 heterocycles. The third-order valence-corrected chi connectivity index (χ3v) is 2.36. The zero-order valence-electron chi connectivity index (χ0n) is 8.21. The average molecular weight is 186 g/mol. The topological polar surface area (TPSA) is 38.7 Å². The van der Waals surface area contributed by atoms with Crippen molar-refractivity contribution in [1.29, 1.82) is 0 Å². The van der Waals surface area contributed by atoms with Crippen LogP contribution < -0.4 is 0 Å². The minimum absolute atomic E-state index is 0.459. The van der Waals surface area contributed by atoms with Gasteiger partial charge in [-0.05, 0) is 19.8 Å². The van der Waals surface area contributed by atoms with Gasteiger partial charge < -0.3 is 4.74 Å². The van der Waals surface area contributed by atoms with Gasteiger partial charge in [0, 0.05) is 12.8 Å². The Morgan fingerprint density at radius 2 is 2.00 bits per heavy atom. The van der Waals surface area contributed by atoms with E-state index in [2.05, 4.69) is 11.5 Å². The summed E-state index contributed by atoms with van der Waals surface area (Å²) < 4.78 is 5.51. The van der Waals surface area contributed by atoms with Gasteiger partial charge >= 0.3 is 0 Å². The fourth-order valence-corrected chi connectivity index (χ4v) is 1.61. The maximum absolute atomic E-state index is 8.80. The summed E-state index contributed by atoms with van der Waals surface area (Å²) in [6.07, 6.45) is 4.85. The Morgan fingerprint density at radius 1 is 1.38 bits per heavy atom. The number of hydrogen-bond acceptors (Lipinski definition) is 3. The lowest BCUT2D eigenvalue weighted by Gasteiger charge is -2.33. The maximum Gasteiger partial charge on any atom is 0.201 e. The summed E-state index contributed by atoms with van der Waals surface area (Å²) in [7, 11) is 0. The van der Waals surface area contributed by atoms with Gasteiger partial charge in [0.05, 0.1) is 6.61 Å². The molecular weight excluding hydrogens is 168 g/mol. The molecule has 1 rings (SSSR count). The van der Waals surface area contributed by atoms with E-state index in [0.29, 0.717) is 6.61 Å². The molecular formula is C10H18O3. The Kier molecular flexibility index (Phi) is 3.90. The minimum Gasteiger partial charge on any atom is -0.343 e. The van der Waals surface area contributed by atoms with Gasteiger partial charge in [-0.3, -0.25) is 0 Å². The summed E-state index contributed by atoms with van der Waals surface area (Å²) in [6, 6.07) is 0. The van der Waals surface area contributed by atoms with Crippen molar-refractivity contribution in [1.82, 2.24) is 0 Å². The van der Waals surface area contributed by atoms with Gasteiger partial charge in [-0.1, -0.05) is 18.6 Å². The molecule has 1 aliphatic rings. The molecule has 1 saturated carbocycles. The van der Waals surface area contributed by atoms with Crippen molar-refractivity contribution in [2.45, 2.75) is 44.8 Å². The van der Waals surface area contributed by atoms with Crippen LogP contribution in [0.15, 0.2) is 12.2 Å². The Balaban J connectivity index is 2.42. The molecule has 1 fully saturated rings. The fourth-order valence-electron chi connectivity index (χ4n) is 1.61. The molecule has 0 atom stereocenters. The van der Waals surface area contributed by atoms with E-state index in [9.17, 15) is 0 Å². The molecule has 3 heteroatoms. The van der Waals surface area contributed by atoms with E-state index in [1.165, 1.54) is 6.42 Å². The summed E-state index contributed by atoms with van der Waals surface area (Å²) in [4.78, 5) is 4.47. The van der Waals surface area contributed by atoms with Crippen LogP contribution >= 0.6 is 0 Å². The second-order valence-corrected chi connectivity index (χ2v) is 3.81. The Bertz CT molecular complexity index is 171. The lowest BCUT2D eigenvalue weighted by molar-refractivity contribution is -0.410. The molecule has 0 aromatic rings. The normalized spacial score (nSPS) is 21.4. The van der Waals surface area contributed by atoms with Crippen LogP contribution in [0.25, 0.3) is 0 Å². The van der Waals surface area contributed by atoms with Crippen LogP contribution in [0.3, 0.4) is 0 Å². The van der Waals surface area contributed by atoms with Gasteiger partial charge in [0.25, 0.3) is 0 Å². The fraction of sp³-hybridized carbons (Fsp3) is 0.800. The van der Waals surface area contributed by atoms with Crippen molar-refractivity contribution in [2.75, 3.05) is 6.61 Å². The third-order valence-electron chi connectivity index (χ3n) is 2.36. The van der Waals surface area contributed by atoms with Crippen LogP contribution in [-0.2, 0) is 9.62 Å². The molecule has 0 bridgehead atoms. The lowest BCUT2D eigenvalue weighted by Crippen LogP contribution is -2.37. The van der Waals surface area contributed by atoms with E-state index in [-0.39, 0.29) is 0 Å². The summed E-state index contributed by atoms with van der Waals surface area (Å²) >= 11 is 0.